The highest BCUT2D eigenvalue weighted by Crippen LogP contribution is 2.51. The average Bonchev–Trinajstić information content (AvgIpc) is 2.43. The Balaban J connectivity index is 2.78. The summed E-state index contributed by atoms with van der Waals surface area (Å²) >= 11 is 0. The number of rotatable bonds is 3. The van der Waals surface area contributed by atoms with Gasteiger partial charge in [-0.25, -0.2) is 4.79 Å². The molecule has 1 saturated carbocycles. The maximum atomic E-state index is 12.7. The van der Waals surface area contributed by atoms with Gasteiger partial charge in [0.1, 0.15) is 11.7 Å². The minimum Gasteiger partial charge on any atom is -0.459 e. The number of alkyl halides is 9. The van der Waals surface area contributed by atoms with Gasteiger partial charge in [-0.15, -0.1) is 0 Å². The van der Waals surface area contributed by atoms with Crippen LogP contribution < -0.4 is 0 Å². The first-order valence-electron chi connectivity index (χ1n) is 6.84. The molecule has 0 unspecified atom stereocenters. The van der Waals surface area contributed by atoms with Gasteiger partial charge in [0.2, 0.25) is 0 Å². The first kappa shape index (κ1) is 21.6. The lowest BCUT2D eigenvalue weighted by molar-refractivity contribution is -0.387. The molecule has 1 aliphatic carbocycles. The fourth-order valence-electron chi connectivity index (χ4n) is 2.56. The molecule has 146 valence electrons. The molecule has 1 fully saturated rings. The molecule has 0 saturated heterocycles. The van der Waals surface area contributed by atoms with Crippen LogP contribution in [0.3, 0.4) is 0 Å². The summed E-state index contributed by atoms with van der Waals surface area (Å²) in [6.07, 6.45) is -21.1. The zero-order chi connectivity index (χ0) is 19.8. The Kier molecular flexibility index (Phi) is 5.77. The van der Waals surface area contributed by atoms with Gasteiger partial charge in [0.25, 0.3) is 5.60 Å². The summed E-state index contributed by atoms with van der Waals surface area (Å²) in [5.74, 6) is -4.11. The predicted molar refractivity (Wildman–Crippen MR) is 64.1 cm³/mol. The summed E-state index contributed by atoms with van der Waals surface area (Å²) in [7, 11) is 0. The van der Waals surface area contributed by atoms with Crippen LogP contribution >= 0.6 is 0 Å². The van der Waals surface area contributed by atoms with Crippen LogP contribution in [0.2, 0.25) is 0 Å². The van der Waals surface area contributed by atoms with E-state index in [1.165, 1.54) is 0 Å². The van der Waals surface area contributed by atoms with Crippen molar-refractivity contribution in [1.82, 2.24) is 0 Å². The van der Waals surface area contributed by atoms with E-state index < -0.39 is 73.4 Å². The molecular formula is C13H13F9O3. The fraction of sp³-hybridized carbons (Fsp3) is 0.769. The number of ether oxygens (including phenoxy) is 1. The summed E-state index contributed by atoms with van der Waals surface area (Å²) in [5.41, 5.74) is -6.78. The third kappa shape index (κ3) is 4.39. The molecule has 0 radical (unpaired) electrons. The van der Waals surface area contributed by atoms with Crippen LogP contribution in [-0.4, -0.2) is 41.3 Å². The quantitative estimate of drug-likeness (QED) is 0.451. The molecule has 0 spiro atoms. The number of esters is 1. The number of hydrogen-bond acceptors (Lipinski definition) is 3. The average molecular weight is 388 g/mol. The van der Waals surface area contributed by atoms with Crippen molar-refractivity contribution in [3.05, 3.63) is 12.2 Å². The number of aliphatic hydroxyl groups is 1. The molecule has 3 nitrogen and oxygen atoms in total. The third-order valence-corrected chi connectivity index (χ3v) is 3.99. The monoisotopic (exact) mass is 388 g/mol. The van der Waals surface area contributed by atoms with E-state index in [2.05, 4.69) is 11.3 Å². The zero-order valence-electron chi connectivity index (χ0n) is 12.4. The van der Waals surface area contributed by atoms with Gasteiger partial charge in [0.15, 0.2) is 0 Å². The van der Waals surface area contributed by atoms with Crippen molar-refractivity contribution in [2.24, 2.45) is 5.92 Å². The van der Waals surface area contributed by atoms with Gasteiger partial charge in [-0.05, 0) is 25.7 Å². The molecule has 12 heteroatoms. The fourth-order valence-corrected chi connectivity index (χ4v) is 2.56. The van der Waals surface area contributed by atoms with Crippen molar-refractivity contribution in [2.75, 3.05) is 0 Å². The standard InChI is InChI=1S/C13H13F9O3/c1-6(11(14,15)16)9(23)25-8-4-2-7(3-5-8)10(24,12(17,18)19)13(20,21)22/h7-8,24H,1-5H2. The van der Waals surface area contributed by atoms with Crippen LogP contribution in [0.1, 0.15) is 25.7 Å². The van der Waals surface area contributed by atoms with Gasteiger partial charge in [-0.3, -0.25) is 0 Å². The molecule has 0 amide bonds. The van der Waals surface area contributed by atoms with E-state index in [0.717, 1.165) is 0 Å². The van der Waals surface area contributed by atoms with Crippen LogP contribution in [0.15, 0.2) is 12.2 Å². The molecule has 1 aliphatic rings. The lowest BCUT2D eigenvalue weighted by Gasteiger charge is -2.41. The van der Waals surface area contributed by atoms with E-state index in [9.17, 15) is 49.4 Å². The van der Waals surface area contributed by atoms with E-state index in [-0.39, 0.29) is 0 Å². The SMILES string of the molecule is C=C(C(=O)OC1CCC(C(O)(C(F)(F)F)C(F)(F)F)CC1)C(F)(F)F. The molecule has 0 aromatic heterocycles. The molecule has 0 aromatic rings. The Labute approximate surface area is 135 Å². The number of carbonyl (C=O) groups excluding carboxylic acids is 1. The molecule has 0 bridgehead atoms. The van der Waals surface area contributed by atoms with Gasteiger partial charge in [-0.1, -0.05) is 6.58 Å². The summed E-state index contributed by atoms with van der Waals surface area (Å²) in [4.78, 5) is 11.2. The maximum Gasteiger partial charge on any atom is 0.426 e. The Bertz CT molecular complexity index is 496. The Morgan fingerprint density at radius 2 is 1.28 bits per heavy atom. The third-order valence-electron chi connectivity index (χ3n) is 3.99. The first-order valence-corrected chi connectivity index (χ1v) is 6.84. The largest absolute Gasteiger partial charge is 0.459 e. The highest BCUT2D eigenvalue weighted by molar-refractivity contribution is 5.89. The van der Waals surface area contributed by atoms with E-state index in [1.54, 1.807) is 0 Å². The smallest absolute Gasteiger partial charge is 0.426 e. The Morgan fingerprint density at radius 1 is 0.880 bits per heavy atom. The highest BCUT2D eigenvalue weighted by atomic mass is 19.4. The van der Waals surface area contributed by atoms with Crippen LogP contribution in [-0.2, 0) is 9.53 Å². The van der Waals surface area contributed by atoms with Crippen LogP contribution in [0, 0.1) is 5.92 Å². The molecule has 25 heavy (non-hydrogen) atoms. The van der Waals surface area contributed by atoms with Crippen molar-refractivity contribution in [3.63, 3.8) is 0 Å². The van der Waals surface area contributed by atoms with Crippen molar-refractivity contribution >= 4 is 5.97 Å². The van der Waals surface area contributed by atoms with Crippen molar-refractivity contribution in [3.8, 4) is 0 Å². The van der Waals surface area contributed by atoms with Gasteiger partial charge in [-0.2, -0.15) is 39.5 Å². The van der Waals surface area contributed by atoms with E-state index in [1.807, 2.05) is 0 Å². The molecule has 1 rings (SSSR count). The summed E-state index contributed by atoms with van der Waals surface area (Å²) in [6, 6.07) is 0. The molecule has 0 aliphatic heterocycles. The Morgan fingerprint density at radius 3 is 1.60 bits per heavy atom. The number of halogens is 9. The minimum absolute atomic E-state index is 0.560. The van der Waals surface area contributed by atoms with Crippen molar-refractivity contribution in [2.45, 2.75) is 55.9 Å². The zero-order valence-corrected chi connectivity index (χ0v) is 12.4. The first-order chi connectivity index (χ1) is 11.0. The minimum atomic E-state index is -5.98. The van der Waals surface area contributed by atoms with E-state index in [4.69, 9.17) is 0 Å². The van der Waals surface area contributed by atoms with E-state index in [0.29, 0.717) is 0 Å². The number of carbonyl (C=O) groups is 1. The summed E-state index contributed by atoms with van der Waals surface area (Å²) in [6.45, 7) is 2.47. The van der Waals surface area contributed by atoms with Crippen LogP contribution in [0.5, 0.6) is 0 Å². The topological polar surface area (TPSA) is 46.5 Å². The predicted octanol–water partition coefficient (Wildman–Crippen LogP) is 4.06. The van der Waals surface area contributed by atoms with Crippen LogP contribution in [0.25, 0.3) is 0 Å². The van der Waals surface area contributed by atoms with Gasteiger partial charge in [0.05, 0.1) is 0 Å². The molecule has 0 atom stereocenters. The maximum absolute atomic E-state index is 12.7. The highest BCUT2D eigenvalue weighted by Gasteiger charge is 2.73. The summed E-state index contributed by atoms with van der Waals surface area (Å²) in [5, 5.41) is 9.25. The van der Waals surface area contributed by atoms with Crippen LogP contribution in [0.4, 0.5) is 39.5 Å². The number of hydrogen-bond donors (Lipinski definition) is 1. The normalized spacial score (nSPS) is 23.3. The van der Waals surface area contributed by atoms with E-state index >= 15 is 0 Å². The molecule has 0 aromatic carbocycles. The summed E-state index contributed by atoms with van der Waals surface area (Å²) < 4.78 is 118. The lowest BCUT2D eigenvalue weighted by atomic mass is 9.75. The molecule has 0 heterocycles. The molecule has 1 N–H and O–H groups in total. The van der Waals surface area contributed by atoms with Gasteiger partial charge in [0, 0.05) is 5.92 Å². The second kappa shape index (κ2) is 6.69. The lowest BCUT2D eigenvalue weighted by Crippen LogP contribution is -2.62. The Hall–Kier alpha value is -1.46. The molecular weight excluding hydrogens is 375 g/mol. The second-order valence-electron chi connectivity index (χ2n) is 5.62. The van der Waals surface area contributed by atoms with Crippen molar-refractivity contribution in [1.29, 1.82) is 0 Å². The second-order valence-corrected chi connectivity index (χ2v) is 5.62. The van der Waals surface area contributed by atoms with Gasteiger partial charge < -0.3 is 9.84 Å². The van der Waals surface area contributed by atoms with Crippen molar-refractivity contribution < 1.29 is 54.2 Å². The van der Waals surface area contributed by atoms with Gasteiger partial charge >= 0.3 is 24.5 Å².